The fourth-order valence-corrected chi connectivity index (χ4v) is 1.29. The van der Waals surface area contributed by atoms with E-state index in [-0.39, 0.29) is 5.91 Å². The van der Waals surface area contributed by atoms with Crippen LogP contribution in [0.5, 0.6) is 0 Å². The first-order chi connectivity index (χ1) is 6.13. The molecule has 1 amide bonds. The molecule has 0 unspecified atom stereocenters. The van der Waals surface area contributed by atoms with Crippen LogP contribution in [0.4, 0.5) is 0 Å². The Hall–Kier alpha value is -0.910. The Morgan fingerprint density at radius 3 is 2.85 bits per heavy atom. The second kappa shape index (κ2) is 4.36. The predicted octanol–water partition coefficient (Wildman–Crippen LogP) is 0.466. The van der Waals surface area contributed by atoms with Crippen LogP contribution in [0.1, 0.15) is 11.6 Å². The molecule has 0 bridgehead atoms. The predicted molar refractivity (Wildman–Crippen MR) is 51.4 cm³/mol. The number of aromatic nitrogens is 3. The maximum absolute atomic E-state index is 11.1. The first-order valence-electron chi connectivity index (χ1n) is 3.81. The van der Waals surface area contributed by atoms with Gasteiger partial charge >= 0.3 is 0 Å². The van der Waals surface area contributed by atoms with Gasteiger partial charge in [0.25, 0.3) is 0 Å². The number of aromatic amines is 1. The smallest absolute Gasteiger partial charge is 0.233 e. The Labute approximate surface area is 84.7 Å². The lowest BCUT2D eigenvalue weighted by Gasteiger charge is -2.12. The summed E-state index contributed by atoms with van der Waals surface area (Å²) < 4.78 is 0. The molecule has 0 fully saturated rings. The number of aryl methyl sites for hydroxylation is 1. The third-order valence-electron chi connectivity index (χ3n) is 1.56. The fourth-order valence-electron chi connectivity index (χ4n) is 0.862. The van der Waals surface area contributed by atoms with Crippen molar-refractivity contribution in [2.45, 2.75) is 13.5 Å². The number of carbonyl (C=O) groups excluding carboxylic acids is 1. The molecule has 0 aliphatic heterocycles. The number of rotatable bonds is 3. The molecule has 13 heavy (non-hydrogen) atoms. The van der Waals surface area contributed by atoms with E-state index in [9.17, 15) is 4.79 Å². The molecule has 1 N–H and O–H groups in total. The number of carbonyl (C=O) groups is 1. The number of amides is 1. The molecule has 72 valence electrons. The van der Waals surface area contributed by atoms with Gasteiger partial charge < -0.3 is 4.90 Å². The number of nitrogens with zero attached hydrogens (tertiary/aromatic N) is 3. The van der Waals surface area contributed by atoms with Crippen molar-refractivity contribution in [1.29, 1.82) is 0 Å². The van der Waals surface area contributed by atoms with Gasteiger partial charge in [-0.05, 0) is 6.92 Å². The van der Waals surface area contributed by atoms with Crippen LogP contribution >= 0.6 is 15.9 Å². The largest absolute Gasteiger partial charge is 0.337 e. The molecule has 0 aliphatic carbocycles. The van der Waals surface area contributed by atoms with E-state index >= 15 is 0 Å². The Bertz CT molecular complexity index is 298. The fraction of sp³-hybridized carbons (Fsp3) is 0.571. The summed E-state index contributed by atoms with van der Waals surface area (Å²) in [6.07, 6.45) is 0. The summed E-state index contributed by atoms with van der Waals surface area (Å²) in [6, 6.07) is 0. The van der Waals surface area contributed by atoms with Crippen LogP contribution in [0.25, 0.3) is 0 Å². The third kappa shape index (κ3) is 2.80. The van der Waals surface area contributed by atoms with E-state index in [0.29, 0.717) is 17.7 Å². The Balaban J connectivity index is 2.54. The zero-order valence-corrected chi connectivity index (χ0v) is 9.13. The highest BCUT2D eigenvalue weighted by Gasteiger charge is 2.09. The first-order valence-corrected chi connectivity index (χ1v) is 4.93. The van der Waals surface area contributed by atoms with Crippen LogP contribution < -0.4 is 0 Å². The topological polar surface area (TPSA) is 61.9 Å². The van der Waals surface area contributed by atoms with Crippen LogP contribution in [0.2, 0.25) is 0 Å². The molecule has 1 aromatic heterocycles. The molecular formula is C7H11BrN4O. The number of hydrogen-bond acceptors (Lipinski definition) is 3. The number of alkyl halides is 1. The summed E-state index contributed by atoms with van der Waals surface area (Å²) >= 11 is 3.09. The minimum absolute atomic E-state index is 0.0162. The Morgan fingerprint density at radius 1 is 1.69 bits per heavy atom. The van der Waals surface area contributed by atoms with Crippen LogP contribution in [0.15, 0.2) is 0 Å². The molecule has 0 radical (unpaired) electrons. The van der Waals surface area contributed by atoms with Crippen molar-refractivity contribution in [2.24, 2.45) is 0 Å². The highest BCUT2D eigenvalue weighted by atomic mass is 79.9. The zero-order chi connectivity index (χ0) is 9.84. The first kappa shape index (κ1) is 10.2. The number of halogens is 1. The highest BCUT2D eigenvalue weighted by Crippen LogP contribution is 1.98. The molecule has 5 nitrogen and oxygen atoms in total. The van der Waals surface area contributed by atoms with Crippen LogP contribution in [-0.2, 0) is 11.3 Å². The lowest BCUT2D eigenvalue weighted by Crippen LogP contribution is -2.27. The normalized spacial score (nSPS) is 10.1. The lowest BCUT2D eigenvalue weighted by molar-refractivity contribution is -0.127. The van der Waals surface area contributed by atoms with Gasteiger partial charge in [-0.2, -0.15) is 5.10 Å². The number of H-pyrrole nitrogens is 1. The molecule has 6 heteroatoms. The van der Waals surface area contributed by atoms with E-state index in [0.717, 1.165) is 5.82 Å². The van der Waals surface area contributed by atoms with E-state index in [1.54, 1.807) is 11.9 Å². The van der Waals surface area contributed by atoms with Gasteiger partial charge in [0.1, 0.15) is 5.82 Å². The van der Waals surface area contributed by atoms with Gasteiger partial charge in [0.15, 0.2) is 5.82 Å². The highest BCUT2D eigenvalue weighted by molar-refractivity contribution is 9.09. The van der Waals surface area contributed by atoms with Crippen molar-refractivity contribution >= 4 is 21.8 Å². The molecule has 1 rings (SSSR count). The van der Waals surface area contributed by atoms with Gasteiger partial charge in [-0.25, -0.2) is 4.98 Å². The summed E-state index contributed by atoms with van der Waals surface area (Å²) in [5.41, 5.74) is 0. The van der Waals surface area contributed by atoms with Crippen molar-refractivity contribution in [1.82, 2.24) is 20.1 Å². The second-order valence-electron chi connectivity index (χ2n) is 2.72. The van der Waals surface area contributed by atoms with Crippen molar-refractivity contribution in [3.63, 3.8) is 0 Å². The third-order valence-corrected chi connectivity index (χ3v) is 2.04. The summed E-state index contributed by atoms with van der Waals surface area (Å²) in [5.74, 6) is 1.41. The second-order valence-corrected chi connectivity index (χ2v) is 3.28. The summed E-state index contributed by atoms with van der Waals surface area (Å²) in [5, 5.41) is 6.97. The monoisotopic (exact) mass is 246 g/mol. The minimum atomic E-state index is 0.0162. The molecule has 0 atom stereocenters. The van der Waals surface area contributed by atoms with Crippen molar-refractivity contribution in [2.75, 3.05) is 12.4 Å². The molecule has 0 aromatic carbocycles. The maximum Gasteiger partial charge on any atom is 0.233 e. The van der Waals surface area contributed by atoms with E-state index in [1.165, 1.54) is 0 Å². The minimum Gasteiger partial charge on any atom is -0.337 e. The van der Waals surface area contributed by atoms with E-state index in [1.807, 2.05) is 6.92 Å². The maximum atomic E-state index is 11.1. The lowest BCUT2D eigenvalue weighted by atomic mass is 10.5. The van der Waals surface area contributed by atoms with Crippen molar-refractivity contribution in [3.05, 3.63) is 11.6 Å². The average molecular weight is 247 g/mol. The average Bonchev–Trinajstić information content (AvgIpc) is 2.49. The van der Waals surface area contributed by atoms with Gasteiger partial charge in [0, 0.05) is 7.05 Å². The summed E-state index contributed by atoms with van der Waals surface area (Å²) in [4.78, 5) is 16.8. The summed E-state index contributed by atoms with van der Waals surface area (Å²) in [6.45, 7) is 2.26. The summed E-state index contributed by atoms with van der Waals surface area (Å²) in [7, 11) is 1.72. The van der Waals surface area contributed by atoms with Gasteiger partial charge in [0.2, 0.25) is 5.91 Å². The molecule has 1 aromatic rings. The molecular weight excluding hydrogens is 236 g/mol. The van der Waals surface area contributed by atoms with Crippen LogP contribution in [0, 0.1) is 6.92 Å². The van der Waals surface area contributed by atoms with Crippen molar-refractivity contribution < 1.29 is 4.79 Å². The number of hydrogen-bond donors (Lipinski definition) is 1. The van der Waals surface area contributed by atoms with Crippen molar-refractivity contribution in [3.8, 4) is 0 Å². The van der Waals surface area contributed by atoms with Gasteiger partial charge in [-0.3, -0.25) is 9.89 Å². The Morgan fingerprint density at radius 2 is 2.38 bits per heavy atom. The molecule has 1 heterocycles. The van der Waals surface area contributed by atoms with Gasteiger partial charge in [-0.15, -0.1) is 0 Å². The van der Waals surface area contributed by atoms with E-state index in [4.69, 9.17) is 0 Å². The Kier molecular flexibility index (Phi) is 3.41. The standard InChI is InChI=1S/C7H11BrN4O/c1-5-9-6(11-10-5)4-12(2)7(13)3-8/h3-4H2,1-2H3,(H,9,10,11). The molecule has 0 spiro atoms. The molecule has 0 saturated heterocycles. The van der Waals surface area contributed by atoms with Crippen LogP contribution in [-0.4, -0.2) is 38.4 Å². The quantitative estimate of drug-likeness (QED) is 0.789. The SMILES string of the molecule is Cc1nc(CN(C)C(=O)CBr)n[nH]1. The van der Waals surface area contributed by atoms with Gasteiger partial charge in [0.05, 0.1) is 11.9 Å². The van der Waals surface area contributed by atoms with E-state index in [2.05, 4.69) is 31.1 Å². The van der Waals surface area contributed by atoms with Crippen LogP contribution in [0.3, 0.4) is 0 Å². The molecule has 0 saturated carbocycles. The number of nitrogens with one attached hydrogen (secondary N) is 1. The van der Waals surface area contributed by atoms with E-state index < -0.39 is 0 Å². The van der Waals surface area contributed by atoms with Gasteiger partial charge in [-0.1, -0.05) is 15.9 Å². The zero-order valence-electron chi connectivity index (χ0n) is 7.54. The molecule has 0 aliphatic rings.